The molecule has 0 fully saturated rings. The van der Waals surface area contributed by atoms with Crippen molar-refractivity contribution in [1.29, 1.82) is 5.26 Å². The zero-order chi connectivity index (χ0) is 15.2. The number of aromatic nitrogens is 4. The molecular weight excluding hydrogens is 272 g/mol. The van der Waals surface area contributed by atoms with E-state index < -0.39 is 0 Å². The van der Waals surface area contributed by atoms with Gasteiger partial charge in [-0.2, -0.15) is 5.26 Å². The zero-order valence-electron chi connectivity index (χ0n) is 11.4. The minimum Gasteiger partial charge on any atom is -0.386 e. The van der Waals surface area contributed by atoms with E-state index in [0.717, 1.165) is 0 Å². The molecule has 2 rings (SSSR count). The van der Waals surface area contributed by atoms with Gasteiger partial charge in [0.05, 0.1) is 18.1 Å². The Morgan fingerprint density at radius 2 is 2.00 bits per heavy atom. The van der Waals surface area contributed by atoms with E-state index in [1.165, 1.54) is 19.4 Å². The van der Waals surface area contributed by atoms with Crippen LogP contribution in [0.4, 0.5) is 17.3 Å². The maximum Gasteiger partial charge on any atom is 0.273 e. The van der Waals surface area contributed by atoms with Gasteiger partial charge in [-0.1, -0.05) is 0 Å². The second-order valence-corrected chi connectivity index (χ2v) is 3.84. The lowest BCUT2D eigenvalue weighted by Crippen LogP contribution is -2.21. The SMILES string of the molecule is CNC(=O)c1nnc(Nc2cnc(C#N)cn2)cc1NC. The number of nitriles is 1. The second-order valence-electron chi connectivity index (χ2n) is 3.84. The van der Waals surface area contributed by atoms with Crippen LogP contribution >= 0.6 is 0 Å². The standard InChI is InChI=1S/C12H12N8O/c1-14-8-3-9(19-20-11(8)12(21)15-2)18-10-6-16-7(4-13)5-17-10/h3,5-6H,1-2H3,(H,15,21)(H2,14,17,18,19). The molecule has 0 radical (unpaired) electrons. The van der Waals surface area contributed by atoms with Gasteiger partial charge in [0.15, 0.2) is 17.2 Å². The Hall–Kier alpha value is -3.28. The summed E-state index contributed by atoms with van der Waals surface area (Å²) < 4.78 is 0. The molecule has 0 aromatic carbocycles. The molecule has 2 aromatic heterocycles. The van der Waals surface area contributed by atoms with Crippen LogP contribution in [-0.4, -0.2) is 40.2 Å². The van der Waals surface area contributed by atoms with Crippen LogP contribution < -0.4 is 16.0 Å². The first kappa shape index (κ1) is 14.1. The van der Waals surface area contributed by atoms with Gasteiger partial charge in [0.2, 0.25) is 0 Å². The van der Waals surface area contributed by atoms with Crippen LogP contribution in [-0.2, 0) is 0 Å². The number of carbonyl (C=O) groups is 1. The Morgan fingerprint density at radius 1 is 1.19 bits per heavy atom. The van der Waals surface area contributed by atoms with Crippen molar-refractivity contribution < 1.29 is 4.79 Å². The van der Waals surface area contributed by atoms with Crippen LogP contribution in [0.25, 0.3) is 0 Å². The highest BCUT2D eigenvalue weighted by atomic mass is 16.1. The van der Waals surface area contributed by atoms with Crippen molar-refractivity contribution >= 4 is 23.2 Å². The van der Waals surface area contributed by atoms with Crippen LogP contribution in [0.3, 0.4) is 0 Å². The average molecular weight is 284 g/mol. The summed E-state index contributed by atoms with van der Waals surface area (Å²) in [7, 11) is 3.19. The number of amides is 1. The fraction of sp³-hybridized carbons (Fsp3) is 0.167. The minimum atomic E-state index is -0.337. The van der Waals surface area contributed by atoms with Crippen LogP contribution in [0, 0.1) is 11.3 Å². The Morgan fingerprint density at radius 3 is 2.57 bits per heavy atom. The minimum absolute atomic E-state index is 0.191. The molecule has 3 N–H and O–H groups in total. The van der Waals surface area contributed by atoms with Crippen LogP contribution in [0.5, 0.6) is 0 Å². The number of anilines is 3. The number of rotatable bonds is 4. The fourth-order valence-electron chi connectivity index (χ4n) is 1.51. The van der Waals surface area contributed by atoms with Gasteiger partial charge in [0.1, 0.15) is 11.9 Å². The van der Waals surface area contributed by atoms with Gasteiger partial charge in [0.25, 0.3) is 5.91 Å². The van der Waals surface area contributed by atoms with Gasteiger partial charge in [0, 0.05) is 20.2 Å². The third-order valence-corrected chi connectivity index (χ3v) is 2.53. The summed E-state index contributed by atoms with van der Waals surface area (Å²) in [5, 5.41) is 24.7. The molecule has 0 saturated carbocycles. The van der Waals surface area contributed by atoms with Crippen LogP contribution in [0.1, 0.15) is 16.2 Å². The molecule has 0 saturated heterocycles. The van der Waals surface area contributed by atoms with Crippen molar-refractivity contribution in [1.82, 2.24) is 25.5 Å². The topological polar surface area (TPSA) is 129 Å². The number of hydrogen-bond acceptors (Lipinski definition) is 8. The van der Waals surface area contributed by atoms with Gasteiger partial charge in [-0.25, -0.2) is 9.97 Å². The Balaban J connectivity index is 2.24. The molecule has 0 unspecified atom stereocenters. The lowest BCUT2D eigenvalue weighted by Gasteiger charge is -2.09. The molecule has 0 aliphatic heterocycles. The second kappa shape index (κ2) is 6.25. The van der Waals surface area contributed by atoms with Crippen LogP contribution in [0.2, 0.25) is 0 Å². The Bertz CT molecular complexity index is 691. The van der Waals surface area contributed by atoms with E-state index in [-0.39, 0.29) is 17.3 Å². The number of nitrogens with one attached hydrogen (secondary N) is 3. The summed E-state index contributed by atoms with van der Waals surface area (Å²) in [5.41, 5.74) is 0.933. The predicted molar refractivity (Wildman–Crippen MR) is 75.0 cm³/mol. The molecule has 9 heteroatoms. The largest absolute Gasteiger partial charge is 0.386 e. The van der Waals surface area contributed by atoms with E-state index in [1.54, 1.807) is 13.1 Å². The zero-order valence-corrected chi connectivity index (χ0v) is 11.4. The molecule has 0 aliphatic rings. The van der Waals surface area contributed by atoms with Gasteiger partial charge >= 0.3 is 0 Å². The molecule has 0 aliphatic carbocycles. The van der Waals surface area contributed by atoms with Gasteiger partial charge in [-0.05, 0) is 0 Å². The molecule has 2 aromatic rings. The summed E-state index contributed by atoms with van der Waals surface area (Å²) in [4.78, 5) is 19.5. The molecule has 106 valence electrons. The molecule has 21 heavy (non-hydrogen) atoms. The monoisotopic (exact) mass is 284 g/mol. The first-order valence-corrected chi connectivity index (χ1v) is 5.94. The summed E-state index contributed by atoms with van der Waals surface area (Å²) in [6, 6.07) is 3.50. The van der Waals surface area contributed by atoms with Crippen LogP contribution in [0.15, 0.2) is 18.5 Å². The van der Waals surface area contributed by atoms with Gasteiger partial charge in [-0.15, -0.1) is 10.2 Å². The van der Waals surface area contributed by atoms with E-state index in [2.05, 4.69) is 36.1 Å². The van der Waals surface area contributed by atoms with E-state index in [4.69, 9.17) is 5.26 Å². The molecule has 1 amide bonds. The number of hydrogen-bond donors (Lipinski definition) is 3. The van der Waals surface area contributed by atoms with Crippen molar-refractivity contribution in [2.75, 3.05) is 24.7 Å². The average Bonchev–Trinajstić information content (AvgIpc) is 2.54. The summed E-state index contributed by atoms with van der Waals surface area (Å²) in [6.07, 6.45) is 2.75. The Kier molecular flexibility index (Phi) is 4.20. The van der Waals surface area contributed by atoms with Crippen molar-refractivity contribution in [3.63, 3.8) is 0 Å². The first-order valence-electron chi connectivity index (χ1n) is 5.94. The van der Waals surface area contributed by atoms with Crippen molar-refractivity contribution in [2.45, 2.75) is 0 Å². The Labute approximate surface area is 120 Å². The van der Waals surface area contributed by atoms with Crippen molar-refractivity contribution in [3.8, 4) is 6.07 Å². The number of nitrogens with zero attached hydrogens (tertiary/aromatic N) is 5. The van der Waals surface area contributed by atoms with E-state index >= 15 is 0 Å². The molecule has 9 nitrogen and oxygen atoms in total. The predicted octanol–water partition coefficient (Wildman–Crippen LogP) is 0.283. The fourth-order valence-corrected chi connectivity index (χ4v) is 1.51. The lowest BCUT2D eigenvalue weighted by molar-refractivity contribution is 0.0958. The van der Waals surface area contributed by atoms with E-state index in [9.17, 15) is 4.79 Å². The summed E-state index contributed by atoms with van der Waals surface area (Å²) in [5.74, 6) is 0.473. The van der Waals surface area contributed by atoms with Gasteiger partial charge in [-0.3, -0.25) is 4.79 Å². The smallest absolute Gasteiger partial charge is 0.273 e. The maximum atomic E-state index is 11.6. The van der Waals surface area contributed by atoms with Crippen molar-refractivity contribution in [2.24, 2.45) is 0 Å². The highest BCUT2D eigenvalue weighted by molar-refractivity contribution is 5.97. The molecular formula is C12H12N8O. The third-order valence-electron chi connectivity index (χ3n) is 2.53. The third kappa shape index (κ3) is 3.19. The number of carbonyl (C=O) groups excluding carboxylic acids is 1. The summed E-state index contributed by atoms with van der Waals surface area (Å²) >= 11 is 0. The van der Waals surface area contributed by atoms with Crippen molar-refractivity contribution in [3.05, 3.63) is 29.8 Å². The maximum absolute atomic E-state index is 11.6. The lowest BCUT2D eigenvalue weighted by atomic mass is 10.3. The van der Waals surface area contributed by atoms with Gasteiger partial charge < -0.3 is 16.0 Å². The van der Waals surface area contributed by atoms with E-state index in [1.807, 2.05) is 6.07 Å². The van der Waals surface area contributed by atoms with E-state index in [0.29, 0.717) is 17.3 Å². The highest BCUT2D eigenvalue weighted by Gasteiger charge is 2.13. The first-order chi connectivity index (χ1) is 10.2. The molecule has 0 atom stereocenters. The normalized spacial score (nSPS) is 9.57. The molecule has 0 spiro atoms. The molecule has 0 bridgehead atoms. The quantitative estimate of drug-likeness (QED) is 0.730. The highest BCUT2D eigenvalue weighted by Crippen LogP contribution is 2.18. The summed E-state index contributed by atoms with van der Waals surface area (Å²) in [6.45, 7) is 0. The molecule has 2 heterocycles.